The third kappa shape index (κ3) is 2.12. The van der Waals surface area contributed by atoms with Crippen LogP contribution in [0.3, 0.4) is 0 Å². The first-order valence-corrected chi connectivity index (χ1v) is 3.79. The minimum atomic E-state index is -1.08. The maximum absolute atomic E-state index is 13.0. The zero-order valence-corrected chi connectivity index (χ0v) is 7.33. The van der Waals surface area contributed by atoms with Crippen molar-refractivity contribution in [2.75, 3.05) is 0 Å². The largest absolute Gasteiger partial charge is 0.259 e. The van der Waals surface area contributed by atoms with Gasteiger partial charge >= 0.3 is 0 Å². The zero-order valence-electron chi connectivity index (χ0n) is 7.33. The van der Waals surface area contributed by atoms with Crippen LogP contribution in [-0.2, 0) is 0 Å². The average molecular weight is 199 g/mol. The van der Waals surface area contributed by atoms with Gasteiger partial charge in [0.2, 0.25) is 5.70 Å². The minimum Gasteiger partial charge on any atom is -0.259 e. The van der Waals surface area contributed by atoms with Gasteiger partial charge in [0.25, 0.3) is 0 Å². The van der Waals surface area contributed by atoms with E-state index in [1.165, 1.54) is 19.1 Å². The molecule has 0 bridgehead atoms. The van der Waals surface area contributed by atoms with Crippen LogP contribution in [0.25, 0.3) is 6.08 Å². The van der Waals surface area contributed by atoms with Crippen LogP contribution in [0.5, 0.6) is 0 Å². The molecule has 0 spiro atoms. The Balaban J connectivity index is 3.15. The van der Waals surface area contributed by atoms with Crippen LogP contribution >= 0.6 is 0 Å². The van der Waals surface area contributed by atoms with Gasteiger partial charge in [0.1, 0.15) is 0 Å². The lowest BCUT2D eigenvalue weighted by molar-refractivity contribution is -0.422. The lowest BCUT2D eigenvalue weighted by atomic mass is 10.2. The molecule has 0 radical (unpaired) electrons. The first kappa shape index (κ1) is 10.3. The van der Waals surface area contributed by atoms with Crippen molar-refractivity contribution < 1.29 is 13.7 Å². The van der Waals surface area contributed by atoms with Crippen molar-refractivity contribution in [2.45, 2.75) is 6.92 Å². The molecular formula is C9H7F2NO2. The van der Waals surface area contributed by atoms with Crippen molar-refractivity contribution in [1.29, 1.82) is 0 Å². The summed E-state index contributed by atoms with van der Waals surface area (Å²) < 4.78 is 25.6. The minimum absolute atomic E-state index is 0.126. The van der Waals surface area contributed by atoms with E-state index >= 15 is 0 Å². The second-order valence-electron chi connectivity index (χ2n) is 2.69. The van der Waals surface area contributed by atoms with Crippen molar-refractivity contribution in [3.8, 4) is 0 Å². The Bertz CT molecular complexity index is 402. The monoisotopic (exact) mass is 199 g/mol. The molecule has 1 rings (SSSR count). The molecule has 0 saturated heterocycles. The van der Waals surface area contributed by atoms with Gasteiger partial charge in [-0.15, -0.1) is 0 Å². The van der Waals surface area contributed by atoms with E-state index in [0.29, 0.717) is 0 Å². The third-order valence-corrected chi connectivity index (χ3v) is 1.63. The van der Waals surface area contributed by atoms with Crippen molar-refractivity contribution in [3.05, 3.63) is 51.2 Å². The predicted molar refractivity (Wildman–Crippen MR) is 47.0 cm³/mol. The van der Waals surface area contributed by atoms with Crippen molar-refractivity contribution >= 4 is 6.08 Å². The van der Waals surface area contributed by atoms with Crippen LogP contribution in [0, 0.1) is 21.7 Å². The smallest absolute Gasteiger partial charge is 0.243 e. The van der Waals surface area contributed by atoms with Crippen LogP contribution in [0.2, 0.25) is 0 Å². The summed E-state index contributed by atoms with van der Waals surface area (Å²) in [5.41, 5.74) is -0.367. The molecule has 1 aromatic rings. The number of nitro groups is 1. The Hall–Kier alpha value is -1.78. The fourth-order valence-corrected chi connectivity index (χ4v) is 0.910. The summed E-state index contributed by atoms with van der Waals surface area (Å²) in [4.78, 5) is 9.56. The normalized spacial score (nSPS) is 11.5. The molecule has 0 unspecified atom stereocenters. The molecule has 0 N–H and O–H groups in total. The molecule has 74 valence electrons. The SMILES string of the molecule is CC(=Cc1cccc(F)c1F)[N+](=O)[O-]. The van der Waals surface area contributed by atoms with E-state index in [1.54, 1.807) is 0 Å². The molecule has 0 atom stereocenters. The Morgan fingerprint density at radius 1 is 1.50 bits per heavy atom. The quantitative estimate of drug-likeness (QED) is 0.542. The molecule has 0 aliphatic rings. The Kier molecular flexibility index (Phi) is 2.91. The standard InChI is InChI=1S/C9H7F2NO2/c1-6(12(13)14)5-7-3-2-4-8(10)9(7)11/h2-5H,1H3. The van der Waals surface area contributed by atoms with E-state index in [0.717, 1.165) is 12.1 Å². The summed E-state index contributed by atoms with van der Waals surface area (Å²) in [5, 5.41) is 10.2. The highest BCUT2D eigenvalue weighted by Crippen LogP contribution is 2.14. The van der Waals surface area contributed by atoms with Crippen LogP contribution in [0.4, 0.5) is 8.78 Å². The van der Waals surface area contributed by atoms with Gasteiger partial charge in [-0.1, -0.05) is 12.1 Å². The molecule has 0 aromatic heterocycles. The van der Waals surface area contributed by atoms with E-state index in [9.17, 15) is 18.9 Å². The first-order valence-electron chi connectivity index (χ1n) is 3.79. The van der Waals surface area contributed by atoms with E-state index in [4.69, 9.17) is 0 Å². The van der Waals surface area contributed by atoms with Crippen LogP contribution in [-0.4, -0.2) is 4.92 Å². The Morgan fingerprint density at radius 3 is 2.71 bits per heavy atom. The predicted octanol–water partition coefficient (Wildman–Crippen LogP) is 2.60. The molecule has 0 aliphatic carbocycles. The molecule has 0 saturated carbocycles. The molecule has 14 heavy (non-hydrogen) atoms. The van der Waals surface area contributed by atoms with Crippen LogP contribution < -0.4 is 0 Å². The molecule has 0 aliphatic heterocycles. The first-order chi connectivity index (χ1) is 6.52. The summed E-state index contributed by atoms with van der Waals surface area (Å²) in [6.07, 6.45) is 0.985. The number of halogens is 2. The van der Waals surface area contributed by atoms with Gasteiger partial charge in [0.15, 0.2) is 11.6 Å². The number of hydrogen-bond acceptors (Lipinski definition) is 2. The van der Waals surface area contributed by atoms with E-state index in [-0.39, 0.29) is 11.3 Å². The Labute approximate surface area is 78.8 Å². The van der Waals surface area contributed by atoms with E-state index < -0.39 is 16.6 Å². The summed E-state index contributed by atoms with van der Waals surface area (Å²) in [6.45, 7) is 1.21. The van der Waals surface area contributed by atoms with Gasteiger partial charge in [-0.3, -0.25) is 10.1 Å². The molecule has 0 amide bonds. The van der Waals surface area contributed by atoms with Crippen molar-refractivity contribution in [1.82, 2.24) is 0 Å². The number of benzene rings is 1. The van der Waals surface area contributed by atoms with Gasteiger partial charge in [0, 0.05) is 18.6 Å². The number of hydrogen-bond donors (Lipinski definition) is 0. The topological polar surface area (TPSA) is 43.1 Å². The number of allylic oxidation sites excluding steroid dienone is 1. The molecule has 0 heterocycles. The van der Waals surface area contributed by atoms with Gasteiger partial charge in [-0.25, -0.2) is 8.78 Å². The maximum atomic E-state index is 13.0. The second kappa shape index (κ2) is 3.95. The van der Waals surface area contributed by atoms with Crippen LogP contribution in [0.1, 0.15) is 12.5 Å². The summed E-state index contributed by atoms with van der Waals surface area (Å²) in [5.74, 6) is -2.09. The van der Waals surface area contributed by atoms with Gasteiger partial charge in [0.05, 0.1) is 4.92 Å². The van der Waals surface area contributed by atoms with E-state index in [1.807, 2.05) is 0 Å². The highest BCUT2D eigenvalue weighted by atomic mass is 19.2. The summed E-state index contributed by atoms with van der Waals surface area (Å²) in [7, 11) is 0. The molecular weight excluding hydrogens is 192 g/mol. The average Bonchev–Trinajstić information content (AvgIpc) is 2.12. The summed E-state index contributed by atoms with van der Waals surface area (Å²) >= 11 is 0. The number of nitrogens with zero attached hydrogens (tertiary/aromatic N) is 1. The molecule has 3 nitrogen and oxygen atoms in total. The maximum Gasteiger partial charge on any atom is 0.243 e. The van der Waals surface area contributed by atoms with Gasteiger partial charge in [-0.2, -0.15) is 0 Å². The van der Waals surface area contributed by atoms with E-state index in [2.05, 4.69) is 0 Å². The highest BCUT2D eigenvalue weighted by Gasteiger charge is 2.08. The zero-order chi connectivity index (χ0) is 10.7. The molecule has 5 heteroatoms. The highest BCUT2D eigenvalue weighted by molar-refractivity contribution is 5.51. The lowest BCUT2D eigenvalue weighted by Crippen LogP contribution is -1.95. The summed E-state index contributed by atoms with van der Waals surface area (Å²) in [6, 6.07) is 3.51. The molecule has 0 fully saturated rings. The fraction of sp³-hybridized carbons (Fsp3) is 0.111. The number of rotatable bonds is 2. The van der Waals surface area contributed by atoms with Crippen LogP contribution in [0.15, 0.2) is 23.9 Å². The lowest BCUT2D eigenvalue weighted by Gasteiger charge is -1.97. The second-order valence-corrected chi connectivity index (χ2v) is 2.69. The van der Waals surface area contributed by atoms with Gasteiger partial charge < -0.3 is 0 Å². The Morgan fingerprint density at radius 2 is 2.14 bits per heavy atom. The molecule has 1 aromatic carbocycles. The third-order valence-electron chi connectivity index (χ3n) is 1.63. The van der Waals surface area contributed by atoms with Crippen molar-refractivity contribution in [3.63, 3.8) is 0 Å². The fourth-order valence-electron chi connectivity index (χ4n) is 0.910. The van der Waals surface area contributed by atoms with Gasteiger partial charge in [-0.05, 0) is 6.07 Å². The van der Waals surface area contributed by atoms with Crippen molar-refractivity contribution in [2.24, 2.45) is 0 Å².